The Kier molecular flexibility index (Phi) is 6.70. The van der Waals surface area contributed by atoms with Crippen molar-refractivity contribution < 1.29 is 24.1 Å². The average molecular weight is 269 g/mol. The Hall–Kier alpha value is -1.79. The molecular weight excluding hydrogens is 250 g/mol. The number of rotatable bonds is 8. The lowest BCUT2D eigenvalue weighted by atomic mass is 10.2. The number of carbonyl (C=O) groups is 1. The van der Waals surface area contributed by atoms with Gasteiger partial charge >= 0.3 is 0 Å². The molecule has 1 aromatic carbocycles. The number of hydrogen-bond donors (Lipinski definition) is 2. The molecule has 6 heteroatoms. The van der Waals surface area contributed by atoms with E-state index in [9.17, 15) is 4.79 Å². The molecule has 0 fully saturated rings. The van der Waals surface area contributed by atoms with Gasteiger partial charge in [0.05, 0.1) is 20.3 Å². The van der Waals surface area contributed by atoms with E-state index in [0.717, 1.165) is 0 Å². The van der Waals surface area contributed by atoms with Crippen LogP contribution in [0.25, 0.3) is 0 Å². The molecular formula is C13H19NO5. The molecule has 0 aliphatic carbocycles. The van der Waals surface area contributed by atoms with Crippen LogP contribution in [0, 0.1) is 0 Å². The number of ether oxygens (including phenoxy) is 3. The summed E-state index contributed by atoms with van der Waals surface area (Å²) in [7, 11) is 3.07. The van der Waals surface area contributed by atoms with Crippen LogP contribution in [0.2, 0.25) is 0 Å². The van der Waals surface area contributed by atoms with Crippen molar-refractivity contribution >= 4 is 5.91 Å². The molecule has 0 saturated carbocycles. The van der Waals surface area contributed by atoms with E-state index in [-0.39, 0.29) is 19.1 Å². The van der Waals surface area contributed by atoms with Crippen LogP contribution < -0.4 is 14.8 Å². The third-order valence-electron chi connectivity index (χ3n) is 2.40. The second kappa shape index (κ2) is 8.34. The molecule has 0 aliphatic rings. The summed E-state index contributed by atoms with van der Waals surface area (Å²) in [5.41, 5.74) is 0.716. The molecule has 0 spiro atoms. The molecule has 0 atom stereocenters. The van der Waals surface area contributed by atoms with Crippen LogP contribution in [0.4, 0.5) is 0 Å². The molecule has 0 heterocycles. The number of carbonyl (C=O) groups excluding carboxylic acids is 1. The third kappa shape index (κ3) is 5.15. The summed E-state index contributed by atoms with van der Waals surface area (Å²) in [5, 5.41) is 11.7. The average Bonchev–Trinajstić information content (AvgIpc) is 2.45. The van der Waals surface area contributed by atoms with Gasteiger partial charge in [0.2, 0.25) is 0 Å². The van der Waals surface area contributed by atoms with E-state index < -0.39 is 0 Å². The van der Waals surface area contributed by atoms with Gasteiger partial charge in [-0.05, 0) is 17.7 Å². The molecule has 0 bridgehead atoms. The molecule has 6 nitrogen and oxygen atoms in total. The van der Waals surface area contributed by atoms with Gasteiger partial charge < -0.3 is 24.6 Å². The van der Waals surface area contributed by atoms with Crippen LogP contribution in [-0.4, -0.2) is 45.0 Å². The first-order valence-electron chi connectivity index (χ1n) is 5.87. The molecule has 0 unspecified atom stereocenters. The topological polar surface area (TPSA) is 77.0 Å². The Labute approximate surface area is 112 Å². The van der Waals surface area contributed by atoms with Gasteiger partial charge in [-0.1, -0.05) is 6.07 Å². The molecule has 0 saturated heterocycles. The van der Waals surface area contributed by atoms with Crippen LogP contribution in [-0.2, 0) is 16.1 Å². The molecule has 2 N–H and O–H groups in total. The van der Waals surface area contributed by atoms with Crippen LogP contribution in [0.3, 0.4) is 0 Å². The van der Waals surface area contributed by atoms with Crippen molar-refractivity contribution in [3.63, 3.8) is 0 Å². The quantitative estimate of drug-likeness (QED) is 0.665. The molecule has 1 rings (SSSR count). The minimum Gasteiger partial charge on any atom is -0.493 e. The van der Waals surface area contributed by atoms with Gasteiger partial charge in [0.1, 0.15) is 0 Å². The van der Waals surface area contributed by atoms with E-state index in [1.54, 1.807) is 25.3 Å². The van der Waals surface area contributed by atoms with Crippen LogP contribution in [0.15, 0.2) is 18.2 Å². The second-order valence-electron chi connectivity index (χ2n) is 3.77. The zero-order valence-corrected chi connectivity index (χ0v) is 11.1. The first-order valence-corrected chi connectivity index (χ1v) is 5.87. The molecule has 0 aliphatic heterocycles. The zero-order chi connectivity index (χ0) is 14.1. The number of hydrogen-bond acceptors (Lipinski definition) is 5. The van der Waals surface area contributed by atoms with Gasteiger partial charge in [-0.3, -0.25) is 4.79 Å². The van der Waals surface area contributed by atoms with E-state index in [1.807, 2.05) is 0 Å². The number of nitrogens with one attached hydrogen (secondary N) is 1. The summed E-state index contributed by atoms with van der Waals surface area (Å²) in [6.07, 6.45) is 0. The molecule has 106 valence electrons. The van der Waals surface area contributed by atoms with Gasteiger partial charge in [0, 0.05) is 13.7 Å². The van der Waals surface area contributed by atoms with E-state index in [2.05, 4.69) is 5.32 Å². The SMILES string of the molecule is COCCNC(=O)COc1ccc(CO)cc1OC. The van der Waals surface area contributed by atoms with Crippen molar-refractivity contribution in [1.82, 2.24) is 5.32 Å². The standard InChI is InChI=1S/C13H19NO5/c1-17-6-5-14-13(16)9-19-11-4-3-10(8-15)7-12(11)18-2/h3-4,7,15H,5-6,8-9H2,1-2H3,(H,14,16). The maximum atomic E-state index is 11.4. The first-order chi connectivity index (χ1) is 9.21. The van der Waals surface area contributed by atoms with Crippen molar-refractivity contribution in [2.24, 2.45) is 0 Å². The van der Waals surface area contributed by atoms with Crippen molar-refractivity contribution in [1.29, 1.82) is 0 Å². The van der Waals surface area contributed by atoms with Crippen LogP contribution >= 0.6 is 0 Å². The number of aliphatic hydroxyl groups is 1. The van der Waals surface area contributed by atoms with Gasteiger partial charge in [-0.2, -0.15) is 0 Å². The van der Waals surface area contributed by atoms with Crippen molar-refractivity contribution in [2.75, 3.05) is 34.0 Å². The summed E-state index contributed by atoms with van der Waals surface area (Å²) >= 11 is 0. The Morgan fingerprint density at radius 3 is 2.74 bits per heavy atom. The zero-order valence-electron chi connectivity index (χ0n) is 11.1. The minimum absolute atomic E-state index is 0.0753. The van der Waals surface area contributed by atoms with E-state index in [1.165, 1.54) is 7.11 Å². The lowest BCUT2D eigenvalue weighted by molar-refractivity contribution is -0.123. The van der Waals surface area contributed by atoms with Crippen LogP contribution in [0.5, 0.6) is 11.5 Å². The number of aliphatic hydroxyl groups excluding tert-OH is 1. The second-order valence-corrected chi connectivity index (χ2v) is 3.77. The summed E-state index contributed by atoms with van der Waals surface area (Å²) in [6.45, 7) is 0.728. The Balaban J connectivity index is 2.50. The Morgan fingerprint density at radius 2 is 2.11 bits per heavy atom. The largest absolute Gasteiger partial charge is 0.493 e. The van der Waals surface area contributed by atoms with Gasteiger partial charge in [-0.15, -0.1) is 0 Å². The maximum absolute atomic E-state index is 11.4. The maximum Gasteiger partial charge on any atom is 0.258 e. The van der Waals surface area contributed by atoms with Gasteiger partial charge in [0.15, 0.2) is 18.1 Å². The molecule has 1 aromatic rings. The van der Waals surface area contributed by atoms with Gasteiger partial charge in [-0.25, -0.2) is 0 Å². The molecule has 1 amide bonds. The molecule has 0 radical (unpaired) electrons. The smallest absolute Gasteiger partial charge is 0.258 e. The summed E-state index contributed by atoms with van der Waals surface area (Å²) in [4.78, 5) is 11.4. The molecule has 19 heavy (non-hydrogen) atoms. The Morgan fingerprint density at radius 1 is 1.32 bits per heavy atom. The number of amides is 1. The summed E-state index contributed by atoms with van der Waals surface area (Å²) in [5.74, 6) is 0.711. The lowest BCUT2D eigenvalue weighted by Gasteiger charge is -2.11. The number of benzene rings is 1. The van der Waals surface area contributed by atoms with Gasteiger partial charge in [0.25, 0.3) is 5.91 Å². The van der Waals surface area contributed by atoms with Crippen LogP contribution in [0.1, 0.15) is 5.56 Å². The fourth-order valence-electron chi connectivity index (χ4n) is 1.42. The highest BCUT2D eigenvalue weighted by Gasteiger charge is 2.08. The number of methoxy groups -OCH3 is 2. The summed E-state index contributed by atoms with van der Waals surface area (Å²) in [6, 6.07) is 5.03. The predicted octanol–water partition coefficient (Wildman–Crippen LogP) is 0.329. The highest BCUT2D eigenvalue weighted by molar-refractivity contribution is 5.77. The monoisotopic (exact) mass is 269 g/mol. The summed E-state index contributed by atoms with van der Waals surface area (Å²) < 4.78 is 15.3. The van der Waals surface area contributed by atoms with Crippen molar-refractivity contribution in [3.05, 3.63) is 23.8 Å². The highest BCUT2D eigenvalue weighted by atomic mass is 16.5. The Bertz CT molecular complexity index is 408. The first kappa shape index (κ1) is 15.3. The fraction of sp³-hybridized carbons (Fsp3) is 0.462. The predicted molar refractivity (Wildman–Crippen MR) is 69.3 cm³/mol. The normalized spacial score (nSPS) is 10.1. The highest BCUT2D eigenvalue weighted by Crippen LogP contribution is 2.27. The van der Waals surface area contributed by atoms with Crippen molar-refractivity contribution in [2.45, 2.75) is 6.61 Å². The lowest BCUT2D eigenvalue weighted by Crippen LogP contribution is -2.31. The minimum atomic E-state index is -0.231. The molecule has 0 aromatic heterocycles. The third-order valence-corrected chi connectivity index (χ3v) is 2.40. The van der Waals surface area contributed by atoms with Crippen molar-refractivity contribution in [3.8, 4) is 11.5 Å². The van der Waals surface area contributed by atoms with E-state index in [0.29, 0.717) is 30.2 Å². The fourth-order valence-corrected chi connectivity index (χ4v) is 1.42. The van der Waals surface area contributed by atoms with E-state index in [4.69, 9.17) is 19.3 Å². The van der Waals surface area contributed by atoms with E-state index >= 15 is 0 Å².